The van der Waals surface area contributed by atoms with Crippen molar-refractivity contribution >= 4 is 38.2 Å². The highest BCUT2D eigenvalue weighted by Gasteiger charge is 2.11. The summed E-state index contributed by atoms with van der Waals surface area (Å²) in [6, 6.07) is 16.1. The van der Waals surface area contributed by atoms with Crippen molar-refractivity contribution in [3.05, 3.63) is 70.2 Å². The summed E-state index contributed by atoms with van der Waals surface area (Å²) < 4.78 is 24.9. The second-order valence-electron chi connectivity index (χ2n) is 4.61. The average Bonchev–Trinajstić information content (AvgIpc) is 2.48. The van der Waals surface area contributed by atoms with E-state index in [4.69, 9.17) is 0 Å². The van der Waals surface area contributed by atoms with Crippen molar-refractivity contribution in [3.63, 3.8) is 0 Å². The number of hydrogen-bond donors (Lipinski definition) is 1. The maximum atomic E-state index is 12.0. The Labute approximate surface area is 138 Å². The molecule has 4 nitrogen and oxygen atoms in total. The number of rotatable bonds is 5. The topological polar surface area (TPSA) is 58.5 Å². The maximum absolute atomic E-state index is 12.0. The van der Waals surface area contributed by atoms with Crippen molar-refractivity contribution in [3.8, 4) is 0 Å². The molecule has 114 valence electrons. The molecule has 0 fully saturated rings. The van der Waals surface area contributed by atoms with Gasteiger partial charge in [-0.3, -0.25) is 0 Å². The highest BCUT2D eigenvalue weighted by molar-refractivity contribution is 9.10. The molecular weight excluding hydrogens is 364 g/mol. The zero-order chi connectivity index (χ0) is 16.0. The zero-order valence-electron chi connectivity index (χ0n) is 11.9. The van der Waals surface area contributed by atoms with Crippen LogP contribution < -0.4 is 4.83 Å². The van der Waals surface area contributed by atoms with Crippen molar-refractivity contribution in [1.82, 2.24) is 4.83 Å². The average molecular weight is 379 g/mol. The lowest BCUT2D eigenvalue weighted by Crippen LogP contribution is -2.18. The molecule has 6 heteroatoms. The lowest BCUT2D eigenvalue weighted by atomic mass is 10.1. The molecule has 1 N–H and O–H groups in total. The fourth-order valence-electron chi connectivity index (χ4n) is 1.71. The van der Waals surface area contributed by atoms with Crippen LogP contribution in [0.4, 0.5) is 0 Å². The first-order valence-corrected chi connectivity index (χ1v) is 8.79. The molecule has 0 aliphatic rings. The van der Waals surface area contributed by atoms with E-state index < -0.39 is 10.0 Å². The zero-order valence-corrected chi connectivity index (χ0v) is 14.3. The van der Waals surface area contributed by atoms with E-state index in [9.17, 15) is 8.42 Å². The van der Waals surface area contributed by atoms with Crippen LogP contribution in [0.5, 0.6) is 0 Å². The summed E-state index contributed by atoms with van der Waals surface area (Å²) in [4.78, 5) is 2.36. The van der Waals surface area contributed by atoms with Gasteiger partial charge in [0.2, 0.25) is 0 Å². The van der Waals surface area contributed by atoms with Gasteiger partial charge in [0, 0.05) is 4.47 Å². The Kier molecular flexibility index (Phi) is 5.51. The number of halogens is 1. The summed E-state index contributed by atoms with van der Waals surface area (Å²) >= 11 is 3.26. The fraction of sp³-hybridized carbons (Fsp3) is 0.0625. The highest BCUT2D eigenvalue weighted by Crippen LogP contribution is 2.14. The highest BCUT2D eigenvalue weighted by atomic mass is 79.9. The Hall–Kier alpha value is -1.92. The Bertz CT molecular complexity index is 783. The van der Waals surface area contributed by atoms with Crippen molar-refractivity contribution < 1.29 is 8.42 Å². The Morgan fingerprint density at radius 3 is 2.36 bits per heavy atom. The summed E-state index contributed by atoms with van der Waals surface area (Å²) in [5.74, 6) is 0. The molecule has 0 aromatic heterocycles. The SMILES string of the molecule is CC(=C/c1ccccc1)/C=N/NS(=O)(=O)c1ccc(Br)cc1. The van der Waals surface area contributed by atoms with Crippen LogP contribution in [-0.2, 0) is 10.0 Å². The van der Waals surface area contributed by atoms with Crippen molar-refractivity contribution in [2.24, 2.45) is 5.10 Å². The van der Waals surface area contributed by atoms with Crippen LogP contribution in [0.15, 0.2) is 74.6 Å². The number of sulfonamides is 1. The van der Waals surface area contributed by atoms with Crippen LogP contribution in [0, 0.1) is 0 Å². The smallest absolute Gasteiger partial charge is 0.200 e. The lowest BCUT2D eigenvalue weighted by molar-refractivity contribution is 0.584. The number of nitrogens with one attached hydrogen (secondary N) is 1. The van der Waals surface area contributed by atoms with E-state index in [1.807, 2.05) is 43.3 Å². The number of hydrazone groups is 1. The summed E-state index contributed by atoms with van der Waals surface area (Å²) in [7, 11) is -3.64. The summed E-state index contributed by atoms with van der Waals surface area (Å²) in [6.07, 6.45) is 3.39. The van der Waals surface area contributed by atoms with Gasteiger partial charge in [-0.25, -0.2) is 4.83 Å². The molecule has 0 radical (unpaired) electrons. The van der Waals surface area contributed by atoms with E-state index in [0.29, 0.717) is 0 Å². The van der Waals surface area contributed by atoms with Gasteiger partial charge in [0.25, 0.3) is 10.0 Å². The first-order chi connectivity index (χ1) is 10.5. The maximum Gasteiger partial charge on any atom is 0.276 e. The predicted molar refractivity (Wildman–Crippen MR) is 93.0 cm³/mol. The van der Waals surface area contributed by atoms with Gasteiger partial charge in [-0.2, -0.15) is 13.5 Å². The number of nitrogens with zero attached hydrogens (tertiary/aromatic N) is 1. The van der Waals surface area contributed by atoms with Gasteiger partial charge in [0.15, 0.2) is 0 Å². The Balaban J connectivity index is 2.05. The lowest BCUT2D eigenvalue weighted by Gasteiger charge is -2.03. The molecule has 2 aromatic carbocycles. The molecule has 2 aromatic rings. The second kappa shape index (κ2) is 7.38. The van der Waals surface area contributed by atoms with Crippen LogP contribution in [0.25, 0.3) is 6.08 Å². The molecular formula is C16H15BrN2O2S. The molecule has 0 heterocycles. The van der Waals surface area contributed by atoms with E-state index in [1.54, 1.807) is 12.1 Å². The minimum atomic E-state index is -3.64. The van der Waals surface area contributed by atoms with Gasteiger partial charge in [-0.1, -0.05) is 52.3 Å². The van der Waals surface area contributed by atoms with E-state index in [-0.39, 0.29) is 4.90 Å². The minimum absolute atomic E-state index is 0.164. The van der Waals surface area contributed by atoms with Crippen LogP contribution in [0.2, 0.25) is 0 Å². The van der Waals surface area contributed by atoms with Crippen molar-refractivity contribution in [2.75, 3.05) is 0 Å². The van der Waals surface area contributed by atoms with Crippen LogP contribution in [0.3, 0.4) is 0 Å². The number of hydrogen-bond acceptors (Lipinski definition) is 3. The van der Waals surface area contributed by atoms with E-state index >= 15 is 0 Å². The van der Waals surface area contributed by atoms with Crippen molar-refractivity contribution in [1.29, 1.82) is 0 Å². The predicted octanol–water partition coefficient (Wildman–Crippen LogP) is 3.82. The van der Waals surface area contributed by atoms with Crippen LogP contribution >= 0.6 is 15.9 Å². The molecule has 2 rings (SSSR count). The Morgan fingerprint density at radius 1 is 1.09 bits per heavy atom. The molecule has 0 saturated heterocycles. The molecule has 0 aliphatic heterocycles. The van der Waals surface area contributed by atoms with Crippen LogP contribution in [0.1, 0.15) is 12.5 Å². The van der Waals surface area contributed by atoms with Gasteiger partial charge in [-0.15, -0.1) is 0 Å². The third-order valence-corrected chi connectivity index (χ3v) is 4.53. The van der Waals surface area contributed by atoms with Gasteiger partial charge in [0.05, 0.1) is 11.1 Å². The molecule has 0 unspecified atom stereocenters. The molecule has 0 bridgehead atoms. The first-order valence-electron chi connectivity index (χ1n) is 6.51. The quantitative estimate of drug-likeness (QED) is 0.634. The van der Waals surface area contributed by atoms with Gasteiger partial charge in [-0.05, 0) is 42.3 Å². The molecule has 0 atom stereocenters. The normalized spacial score (nSPS) is 12.5. The molecule has 0 saturated carbocycles. The molecule has 0 aliphatic carbocycles. The van der Waals surface area contributed by atoms with Gasteiger partial charge in [0.1, 0.15) is 0 Å². The van der Waals surface area contributed by atoms with Gasteiger partial charge >= 0.3 is 0 Å². The fourth-order valence-corrected chi connectivity index (χ4v) is 2.77. The van der Waals surface area contributed by atoms with Gasteiger partial charge < -0.3 is 0 Å². The summed E-state index contributed by atoms with van der Waals surface area (Å²) in [6.45, 7) is 1.85. The van der Waals surface area contributed by atoms with Crippen molar-refractivity contribution in [2.45, 2.75) is 11.8 Å². The summed E-state index contributed by atoms with van der Waals surface area (Å²) in [5, 5.41) is 3.79. The minimum Gasteiger partial charge on any atom is -0.200 e. The second-order valence-corrected chi connectivity index (χ2v) is 7.18. The first kappa shape index (κ1) is 16.5. The van der Waals surface area contributed by atoms with E-state index in [1.165, 1.54) is 18.3 Å². The molecule has 0 amide bonds. The molecule has 22 heavy (non-hydrogen) atoms. The third kappa shape index (κ3) is 4.82. The van der Waals surface area contributed by atoms with E-state index in [0.717, 1.165) is 15.6 Å². The molecule has 0 spiro atoms. The van der Waals surface area contributed by atoms with Crippen LogP contribution in [-0.4, -0.2) is 14.6 Å². The monoisotopic (exact) mass is 378 g/mol. The number of allylic oxidation sites excluding steroid dienone is 1. The Morgan fingerprint density at radius 2 is 1.73 bits per heavy atom. The van der Waals surface area contributed by atoms with E-state index in [2.05, 4.69) is 25.9 Å². The summed E-state index contributed by atoms with van der Waals surface area (Å²) in [5.41, 5.74) is 1.87. The largest absolute Gasteiger partial charge is 0.276 e. The standard InChI is InChI=1S/C16H15BrN2O2S/c1-13(11-14-5-3-2-4-6-14)12-18-19-22(20,21)16-9-7-15(17)8-10-16/h2-12,19H,1H3/b13-11-,18-12+. The third-order valence-electron chi connectivity index (χ3n) is 2.76. The number of benzene rings is 2.